The number of carbonyl (C=O) groups excluding carboxylic acids is 2. The van der Waals surface area contributed by atoms with Crippen molar-refractivity contribution >= 4 is 40.8 Å². The summed E-state index contributed by atoms with van der Waals surface area (Å²) in [5.41, 5.74) is 0.464. The van der Waals surface area contributed by atoms with Gasteiger partial charge in [-0.2, -0.15) is 5.10 Å². The number of aromatic nitrogens is 3. The van der Waals surface area contributed by atoms with Crippen LogP contribution in [0.15, 0.2) is 72.9 Å². The van der Waals surface area contributed by atoms with Gasteiger partial charge in [0.2, 0.25) is 0 Å². The lowest BCUT2D eigenvalue weighted by atomic mass is 10.1. The first kappa shape index (κ1) is 24.4. The number of para-hydroxylation sites is 1. The van der Waals surface area contributed by atoms with E-state index in [0.717, 1.165) is 0 Å². The van der Waals surface area contributed by atoms with Gasteiger partial charge < -0.3 is 15.7 Å². The number of carbonyl (C=O) groups is 2. The second-order valence-corrected chi connectivity index (χ2v) is 8.97. The molecule has 0 spiro atoms. The van der Waals surface area contributed by atoms with Gasteiger partial charge in [-0.15, -0.1) is 0 Å². The van der Waals surface area contributed by atoms with Crippen molar-refractivity contribution in [1.29, 1.82) is 0 Å². The molecule has 0 bridgehead atoms. The summed E-state index contributed by atoms with van der Waals surface area (Å²) in [7, 11) is 0. The van der Waals surface area contributed by atoms with Gasteiger partial charge in [-0.05, 0) is 50.2 Å². The van der Waals surface area contributed by atoms with Crippen molar-refractivity contribution in [2.24, 2.45) is 0 Å². The van der Waals surface area contributed by atoms with Gasteiger partial charge >= 0.3 is 0 Å². The summed E-state index contributed by atoms with van der Waals surface area (Å²) in [6.45, 7) is 2.87. The fraction of sp³-hybridized carbons (Fsp3) is 0.120. The molecule has 0 radical (unpaired) electrons. The number of anilines is 1. The van der Waals surface area contributed by atoms with E-state index >= 15 is 0 Å². The van der Waals surface area contributed by atoms with Gasteiger partial charge in [0, 0.05) is 17.8 Å². The topological polar surface area (TPSA) is 109 Å². The Morgan fingerprint density at radius 2 is 1.66 bits per heavy atom. The molecule has 4 rings (SSSR count). The van der Waals surface area contributed by atoms with Crippen LogP contribution < -0.4 is 10.6 Å². The molecule has 0 fully saturated rings. The highest BCUT2D eigenvalue weighted by Crippen LogP contribution is 2.32. The van der Waals surface area contributed by atoms with Crippen molar-refractivity contribution in [3.63, 3.8) is 0 Å². The van der Waals surface area contributed by atoms with E-state index in [1.807, 2.05) is 12.1 Å². The molecule has 0 saturated heterocycles. The lowest BCUT2D eigenvalue weighted by Crippen LogP contribution is -2.43. The fourth-order valence-electron chi connectivity index (χ4n) is 3.31. The largest absolute Gasteiger partial charge is 0.372 e. The summed E-state index contributed by atoms with van der Waals surface area (Å²) in [4.78, 5) is 30.2. The number of nitrogens with one attached hydrogen (secondary N) is 2. The standard InChI is InChI=1S/C25H21Cl2N5O3/c1-25(2,35)30-24(34)21-14-22(32(31-21)15-8-4-3-5-9-15)29-23(33)17-12-16(18(26)13-19(17)27)20-10-6-7-11-28-20/h3-14,35H,1-2H3,(H,29,33)(H,30,34). The monoisotopic (exact) mass is 509 g/mol. The third-order valence-electron chi connectivity index (χ3n) is 4.85. The Morgan fingerprint density at radius 1 is 0.943 bits per heavy atom. The van der Waals surface area contributed by atoms with E-state index in [0.29, 0.717) is 22.0 Å². The number of halogens is 2. The lowest BCUT2D eigenvalue weighted by Gasteiger charge is -2.17. The number of nitrogens with zero attached hydrogens (tertiary/aromatic N) is 3. The van der Waals surface area contributed by atoms with Crippen molar-refractivity contribution in [2.75, 3.05) is 5.32 Å². The maximum absolute atomic E-state index is 13.3. The van der Waals surface area contributed by atoms with E-state index in [2.05, 4.69) is 20.7 Å². The molecule has 35 heavy (non-hydrogen) atoms. The van der Waals surface area contributed by atoms with Crippen LogP contribution in [0.2, 0.25) is 10.0 Å². The number of benzene rings is 2. The molecular formula is C25H21Cl2N5O3. The number of hydrogen-bond donors (Lipinski definition) is 3. The van der Waals surface area contributed by atoms with Crippen molar-refractivity contribution in [1.82, 2.24) is 20.1 Å². The summed E-state index contributed by atoms with van der Waals surface area (Å²) in [6.07, 6.45) is 1.62. The molecule has 0 aliphatic heterocycles. The molecule has 178 valence electrons. The average Bonchev–Trinajstić information content (AvgIpc) is 3.23. The predicted octanol–water partition coefficient (Wildman–Crippen LogP) is 4.95. The lowest BCUT2D eigenvalue weighted by molar-refractivity contribution is 0.0372. The SMILES string of the molecule is CC(C)(O)NC(=O)c1cc(NC(=O)c2cc(-c3ccccn3)c(Cl)cc2Cl)n(-c2ccccc2)n1. The van der Waals surface area contributed by atoms with Crippen LogP contribution in [0.5, 0.6) is 0 Å². The Kier molecular flexibility index (Phi) is 6.88. The van der Waals surface area contributed by atoms with Gasteiger partial charge in [0.15, 0.2) is 5.69 Å². The highest BCUT2D eigenvalue weighted by atomic mass is 35.5. The summed E-state index contributed by atoms with van der Waals surface area (Å²) >= 11 is 12.7. The maximum Gasteiger partial charge on any atom is 0.274 e. The predicted molar refractivity (Wildman–Crippen MR) is 135 cm³/mol. The molecule has 10 heteroatoms. The van der Waals surface area contributed by atoms with Gasteiger partial charge in [0.05, 0.1) is 27.0 Å². The first-order chi connectivity index (χ1) is 16.6. The maximum atomic E-state index is 13.3. The van der Waals surface area contributed by atoms with Crippen molar-refractivity contribution < 1.29 is 14.7 Å². The molecule has 0 aliphatic carbocycles. The second kappa shape index (κ2) is 9.87. The smallest absolute Gasteiger partial charge is 0.274 e. The van der Waals surface area contributed by atoms with Gasteiger partial charge in [-0.3, -0.25) is 14.6 Å². The highest BCUT2D eigenvalue weighted by Gasteiger charge is 2.23. The third kappa shape index (κ3) is 5.68. The van der Waals surface area contributed by atoms with Crippen molar-refractivity contribution in [3.8, 4) is 16.9 Å². The van der Waals surface area contributed by atoms with Gasteiger partial charge in [0.1, 0.15) is 11.5 Å². The van der Waals surface area contributed by atoms with Gasteiger partial charge in [-0.1, -0.05) is 47.5 Å². The quantitative estimate of drug-likeness (QED) is 0.318. The molecular weight excluding hydrogens is 489 g/mol. The minimum Gasteiger partial charge on any atom is -0.372 e. The Morgan fingerprint density at radius 3 is 2.31 bits per heavy atom. The van der Waals surface area contributed by atoms with Crippen molar-refractivity contribution in [2.45, 2.75) is 19.6 Å². The van der Waals surface area contributed by atoms with Gasteiger partial charge in [-0.25, -0.2) is 4.68 Å². The molecule has 0 atom stereocenters. The number of aliphatic hydroxyl groups is 1. The van der Waals surface area contributed by atoms with E-state index in [9.17, 15) is 14.7 Å². The summed E-state index contributed by atoms with van der Waals surface area (Å²) < 4.78 is 1.42. The number of pyridine rings is 1. The molecule has 4 aromatic rings. The molecule has 2 aromatic carbocycles. The molecule has 2 heterocycles. The molecule has 2 amide bonds. The minimum atomic E-state index is -1.45. The summed E-state index contributed by atoms with van der Waals surface area (Å²) in [6, 6.07) is 18.8. The van der Waals surface area contributed by atoms with Crippen LogP contribution in [-0.4, -0.2) is 37.4 Å². The minimum absolute atomic E-state index is 0.00246. The molecule has 8 nitrogen and oxygen atoms in total. The number of amides is 2. The molecule has 2 aromatic heterocycles. The highest BCUT2D eigenvalue weighted by molar-refractivity contribution is 6.38. The second-order valence-electron chi connectivity index (χ2n) is 8.16. The summed E-state index contributed by atoms with van der Waals surface area (Å²) in [5.74, 6) is -0.910. The zero-order valence-electron chi connectivity index (χ0n) is 18.8. The van der Waals surface area contributed by atoms with Crippen LogP contribution in [-0.2, 0) is 0 Å². The van der Waals surface area contributed by atoms with E-state index in [-0.39, 0.29) is 22.1 Å². The van der Waals surface area contributed by atoms with Crippen LogP contribution in [0.4, 0.5) is 5.82 Å². The van der Waals surface area contributed by atoms with Crippen LogP contribution in [0.1, 0.15) is 34.7 Å². The van der Waals surface area contributed by atoms with Crippen LogP contribution in [0, 0.1) is 0 Å². The van der Waals surface area contributed by atoms with Crippen LogP contribution in [0.25, 0.3) is 16.9 Å². The van der Waals surface area contributed by atoms with E-state index in [1.165, 1.54) is 30.7 Å². The average molecular weight is 510 g/mol. The van der Waals surface area contributed by atoms with Gasteiger partial charge in [0.25, 0.3) is 11.8 Å². The Balaban J connectivity index is 1.72. The number of hydrogen-bond acceptors (Lipinski definition) is 5. The van der Waals surface area contributed by atoms with Crippen LogP contribution >= 0.6 is 23.2 Å². The van der Waals surface area contributed by atoms with E-state index < -0.39 is 17.5 Å². The van der Waals surface area contributed by atoms with Crippen LogP contribution in [0.3, 0.4) is 0 Å². The normalized spacial score (nSPS) is 11.2. The first-order valence-corrected chi connectivity index (χ1v) is 11.3. The molecule has 0 unspecified atom stereocenters. The Labute approximate surface area is 211 Å². The van der Waals surface area contributed by atoms with Crippen molar-refractivity contribution in [3.05, 3.63) is 94.2 Å². The number of rotatable bonds is 6. The van der Waals surface area contributed by atoms with E-state index in [1.54, 1.807) is 48.7 Å². The molecule has 0 aliphatic rings. The zero-order chi connectivity index (χ0) is 25.2. The third-order valence-corrected chi connectivity index (χ3v) is 5.47. The Hall–Kier alpha value is -3.72. The molecule has 3 N–H and O–H groups in total. The zero-order valence-corrected chi connectivity index (χ0v) is 20.3. The summed E-state index contributed by atoms with van der Waals surface area (Å²) in [5, 5.41) is 20.0. The molecule has 0 saturated carbocycles. The fourth-order valence-corrected chi connectivity index (χ4v) is 3.88. The first-order valence-electron chi connectivity index (χ1n) is 10.5. The van der Waals surface area contributed by atoms with E-state index in [4.69, 9.17) is 23.2 Å². The Bertz CT molecular complexity index is 1380.